The molecule has 0 saturated carbocycles. The molecule has 6 heteroatoms. The Hall–Kier alpha value is -2.86. The summed E-state index contributed by atoms with van der Waals surface area (Å²) in [5.41, 5.74) is 1.96. The highest BCUT2D eigenvalue weighted by molar-refractivity contribution is 5.76. The quantitative estimate of drug-likeness (QED) is 0.698. The number of nitrogens with zero attached hydrogens (tertiary/aromatic N) is 2. The van der Waals surface area contributed by atoms with Gasteiger partial charge in [-0.25, -0.2) is 4.68 Å². The van der Waals surface area contributed by atoms with E-state index in [1.54, 1.807) is 23.0 Å². The largest absolute Gasteiger partial charge is 0.467 e. The van der Waals surface area contributed by atoms with Crippen LogP contribution in [0.1, 0.15) is 23.8 Å². The van der Waals surface area contributed by atoms with Crippen LogP contribution < -0.4 is 5.32 Å². The first-order chi connectivity index (χ1) is 11.8. The minimum Gasteiger partial charge on any atom is -0.467 e. The Morgan fingerprint density at radius 2 is 2.08 bits per heavy atom. The Morgan fingerprint density at radius 3 is 2.79 bits per heavy atom. The average Bonchev–Trinajstić information content (AvgIpc) is 3.30. The zero-order valence-electron chi connectivity index (χ0n) is 13.1. The summed E-state index contributed by atoms with van der Waals surface area (Å²) >= 11 is 0. The maximum absolute atomic E-state index is 12.1. The van der Waals surface area contributed by atoms with Crippen LogP contribution in [0.5, 0.6) is 0 Å². The van der Waals surface area contributed by atoms with Crippen LogP contribution in [0.3, 0.4) is 0 Å². The van der Waals surface area contributed by atoms with Crippen LogP contribution in [0.2, 0.25) is 0 Å². The van der Waals surface area contributed by atoms with Crippen molar-refractivity contribution < 1.29 is 14.3 Å². The topological polar surface area (TPSA) is 80.3 Å². The summed E-state index contributed by atoms with van der Waals surface area (Å²) in [7, 11) is 0. The third-order valence-corrected chi connectivity index (χ3v) is 3.70. The van der Waals surface area contributed by atoms with E-state index in [4.69, 9.17) is 4.42 Å². The van der Waals surface area contributed by atoms with Crippen LogP contribution in [0.15, 0.2) is 65.5 Å². The molecule has 0 aliphatic rings. The molecule has 0 saturated heterocycles. The number of aromatic nitrogens is 2. The fraction of sp³-hybridized carbons (Fsp3) is 0.222. The Morgan fingerprint density at radius 1 is 1.25 bits per heavy atom. The minimum atomic E-state index is -0.514. The predicted molar refractivity (Wildman–Crippen MR) is 88.6 cm³/mol. The highest BCUT2D eigenvalue weighted by Crippen LogP contribution is 2.13. The van der Waals surface area contributed by atoms with Crippen molar-refractivity contribution in [2.24, 2.45) is 0 Å². The second kappa shape index (κ2) is 7.61. The molecule has 1 aromatic carbocycles. The molecule has 2 heterocycles. The smallest absolute Gasteiger partial charge is 0.220 e. The van der Waals surface area contributed by atoms with Crippen molar-refractivity contribution in [3.05, 3.63) is 72.4 Å². The summed E-state index contributed by atoms with van der Waals surface area (Å²) in [5, 5.41) is 16.5. The number of benzene rings is 1. The molecule has 1 atom stereocenters. The van der Waals surface area contributed by atoms with Gasteiger partial charge in [0.2, 0.25) is 5.91 Å². The molecule has 0 aliphatic heterocycles. The number of carbonyl (C=O) groups is 1. The van der Waals surface area contributed by atoms with E-state index in [1.165, 1.54) is 6.26 Å². The number of amides is 1. The molecule has 0 spiro atoms. The number of furan rings is 1. The van der Waals surface area contributed by atoms with Gasteiger partial charge in [-0.2, -0.15) is 5.10 Å². The van der Waals surface area contributed by atoms with Gasteiger partial charge in [0.05, 0.1) is 24.8 Å². The van der Waals surface area contributed by atoms with E-state index < -0.39 is 6.04 Å². The number of aliphatic hydroxyl groups excluding tert-OH is 1. The molecule has 2 aromatic heterocycles. The van der Waals surface area contributed by atoms with Gasteiger partial charge in [0.1, 0.15) is 11.8 Å². The Bertz CT molecular complexity index is 766. The predicted octanol–water partition coefficient (Wildman–Crippen LogP) is 2.25. The number of para-hydroxylation sites is 1. The van der Waals surface area contributed by atoms with E-state index in [2.05, 4.69) is 10.4 Å². The third-order valence-electron chi connectivity index (χ3n) is 3.70. The van der Waals surface area contributed by atoms with Crippen molar-refractivity contribution in [2.45, 2.75) is 18.9 Å². The maximum atomic E-state index is 12.1. The first-order valence-electron chi connectivity index (χ1n) is 7.79. The summed E-state index contributed by atoms with van der Waals surface area (Å²) in [6.45, 7) is -0.203. The SMILES string of the molecule is O=C(CCc1cnn(-c2ccccc2)c1)NC(CO)c1ccco1. The monoisotopic (exact) mass is 325 g/mol. The van der Waals surface area contributed by atoms with Crippen LogP contribution >= 0.6 is 0 Å². The normalized spacial score (nSPS) is 12.0. The van der Waals surface area contributed by atoms with Crippen molar-refractivity contribution in [1.29, 1.82) is 0 Å². The van der Waals surface area contributed by atoms with Gasteiger partial charge in [-0.05, 0) is 36.2 Å². The van der Waals surface area contributed by atoms with E-state index in [0.717, 1.165) is 11.3 Å². The van der Waals surface area contributed by atoms with Gasteiger partial charge in [-0.3, -0.25) is 4.79 Å². The first kappa shape index (κ1) is 16.0. The Labute approximate surface area is 139 Å². The first-order valence-corrected chi connectivity index (χ1v) is 7.79. The van der Waals surface area contributed by atoms with Crippen molar-refractivity contribution in [1.82, 2.24) is 15.1 Å². The molecule has 0 aliphatic carbocycles. The lowest BCUT2D eigenvalue weighted by molar-refractivity contribution is -0.122. The highest BCUT2D eigenvalue weighted by Gasteiger charge is 2.16. The van der Waals surface area contributed by atoms with Gasteiger partial charge in [-0.15, -0.1) is 0 Å². The minimum absolute atomic E-state index is 0.141. The molecular formula is C18H19N3O3. The molecule has 0 fully saturated rings. The van der Waals surface area contributed by atoms with E-state index in [9.17, 15) is 9.90 Å². The Kier molecular flexibility index (Phi) is 5.08. The van der Waals surface area contributed by atoms with E-state index in [1.807, 2.05) is 36.5 Å². The molecule has 1 unspecified atom stereocenters. The zero-order valence-corrected chi connectivity index (χ0v) is 13.1. The van der Waals surface area contributed by atoms with E-state index >= 15 is 0 Å². The molecule has 3 rings (SSSR count). The number of aryl methyl sites for hydroxylation is 1. The van der Waals surface area contributed by atoms with Gasteiger partial charge in [0.25, 0.3) is 0 Å². The maximum Gasteiger partial charge on any atom is 0.220 e. The standard InChI is InChI=1S/C18H19N3O3/c22-13-16(17-7-4-10-24-17)20-18(23)9-8-14-11-19-21(12-14)15-5-2-1-3-6-15/h1-7,10-12,16,22H,8-9,13H2,(H,20,23). The van der Waals surface area contributed by atoms with Crippen LogP contribution in [0.25, 0.3) is 5.69 Å². The van der Waals surface area contributed by atoms with Crippen LogP contribution in [-0.4, -0.2) is 27.4 Å². The lowest BCUT2D eigenvalue weighted by Gasteiger charge is -2.13. The molecule has 0 bridgehead atoms. The summed E-state index contributed by atoms with van der Waals surface area (Å²) < 4.78 is 7.00. The second-order valence-corrected chi connectivity index (χ2v) is 5.45. The molecule has 6 nitrogen and oxygen atoms in total. The highest BCUT2D eigenvalue weighted by atomic mass is 16.3. The Balaban J connectivity index is 1.54. The number of hydrogen-bond donors (Lipinski definition) is 2. The molecule has 1 amide bonds. The molecule has 24 heavy (non-hydrogen) atoms. The third kappa shape index (κ3) is 3.91. The lowest BCUT2D eigenvalue weighted by Crippen LogP contribution is -2.30. The fourth-order valence-electron chi connectivity index (χ4n) is 2.43. The lowest BCUT2D eigenvalue weighted by atomic mass is 10.1. The van der Waals surface area contributed by atoms with Gasteiger partial charge in [0, 0.05) is 12.6 Å². The van der Waals surface area contributed by atoms with Crippen molar-refractivity contribution in [3.8, 4) is 5.69 Å². The zero-order chi connectivity index (χ0) is 16.8. The fourth-order valence-corrected chi connectivity index (χ4v) is 2.43. The number of hydrogen-bond acceptors (Lipinski definition) is 4. The number of carbonyl (C=O) groups excluding carboxylic acids is 1. The average molecular weight is 325 g/mol. The van der Waals surface area contributed by atoms with E-state index in [-0.39, 0.29) is 12.5 Å². The summed E-state index contributed by atoms with van der Waals surface area (Å²) in [6.07, 6.45) is 6.09. The second-order valence-electron chi connectivity index (χ2n) is 5.45. The van der Waals surface area contributed by atoms with Gasteiger partial charge >= 0.3 is 0 Å². The molecule has 2 N–H and O–H groups in total. The summed E-state index contributed by atoms with van der Waals surface area (Å²) in [5.74, 6) is 0.403. The molecular weight excluding hydrogens is 306 g/mol. The van der Waals surface area contributed by atoms with Gasteiger partial charge < -0.3 is 14.8 Å². The molecule has 0 radical (unpaired) electrons. The van der Waals surface area contributed by atoms with Crippen LogP contribution in [0.4, 0.5) is 0 Å². The summed E-state index contributed by atoms with van der Waals surface area (Å²) in [4.78, 5) is 12.1. The summed E-state index contributed by atoms with van der Waals surface area (Å²) in [6, 6.07) is 12.7. The number of nitrogens with one attached hydrogen (secondary N) is 1. The molecule has 3 aromatic rings. The van der Waals surface area contributed by atoms with Crippen molar-refractivity contribution >= 4 is 5.91 Å². The van der Waals surface area contributed by atoms with Crippen molar-refractivity contribution in [2.75, 3.05) is 6.61 Å². The number of aliphatic hydroxyl groups is 1. The van der Waals surface area contributed by atoms with Crippen LogP contribution in [0, 0.1) is 0 Å². The van der Waals surface area contributed by atoms with Crippen LogP contribution in [-0.2, 0) is 11.2 Å². The van der Waals surface area contributed by atoms with E-state index in [0.29, 0.717) is 18.6 Å². The van der Waals surface area contributed by atoms with Gasteiger partial charge in [-0.1, -0.05) is 18.2 Å². The van der Waals surface area contributed by atoms with Gasteiger partial charge in [0.15, 0.2) is 0 Å². The molecule has 124 valence electrons. The number of rotatable bonds is 7. The van der Waals surface area contributed by atoms with Crippen molar-refractivity contribution in [3.63, 3.8) is 0 Å².